The smallest absolute Gasteiger partial charge is 0.360 e. The van der Waals surface area contributed by atoms with Crippen molar-refractivity contribution in [3.8, 4) is 5.88 Å². The third-order valence-electron chi connectivity index (χ3n) is 1.68. The van der Waals surface area contributed by atoms with Gasteiger partial charge in [-0.2, -0.15) is 0 Å². The predicted molar refractivity (Wildman–Crippen MR) is 55.6 cm³/mol. The van der Waals surface area contributed by atoms with Crippen LogP contribution in [-0.2, 0) is 4.74 Å². The largest absolute Gasteiger partial charge is 0.476 e. The molecule has 1 heterocycles. The summed E-state index contributed by atoms with van der Waals surface area (Å²) in [5.74, 6) is -1.13. The van der Waals surface area contributed by atoms with Gasteiger partial charge in [-0.05, 0) is 6.42 Å². The maximum absolute atomic E-state index is 10.7. The maximum Gasteiger partial charge on any atom is 0.360 e. The minimum atomic E-state index is -1.16. The third-order valence-corrected chi connectivity index (χ3v) is 1.68. The van der Waals surface area contributed by atoms with Crippen LogP contribution in [0.2, 0.25) is 0 Å². The lowest BCUT2D eigenvalue weighted by molar-refractivity contribution is 0.0675. The fraction of sp³-hybridized carbons (Fsp3) is 0.500. The van der Waals surface area contributed by atoms with E-state index in [2.05, 4.69) is 9.97 Å². The van der Waals surface area contributed by atoms with E-state index in [1.54, 1.807) is 0 Å². The van der Waals surface area contributed by atoms with Gasteiger partial charge in [0.05, 0.1) is 6.61 Å². The van der Waals surface area contributed by atoms with Crippen molar-refractivity contribution < 1.29 is 19.4 Å². The van der Waals surface area contributed by atoms with Crippen molar-refractivity contribution in [1.82, 2.24) is 9.97 Å². The Morgan fingerprint density at radius 3 is 2.75 bits per heavy atom. The molecule has 0 unspecified atom stereocenters. The summed E-state index contributed by atoms with van der Waals surface area (Å²) in [6.45, 7) is 3.34. The number of carboxylic acids is 1. The second-order valence-electron chi connectivity index (χ2n) is 2.98. The number of hydrogen-bond acceptors (Lipinski definition) is 5. The molecule has 0 aromatic carbocycles. The van der Waals surface area contributed by atoms with Crippen LogP contribution in [0.15, 0.2) is 12.4 Å². The second kappa shape index (κ2) is 6.73. The van der Waals surface area contributed by atoms with Gasteiger partial charge in [0.1, 0.15) is 6.61 Å². The summed E-state index contributed by atoms with van der Waals surface area (Å²) in [5, 5.41) is 8.79. The molecule has 6 nitrogen and oxygen atoms in total. The highest BCUT2D eigenvalue weighted by molar-refractivity contribution is 5.87. The first-order valence-corrected chi connectivity index (χ1v) is 5.00. The Kier molecular flexibility index (Phi) is 5.21. The molecule has 0 saturated heterocycles. The Balaban J connectivity index is 2.44. The molecule has 0 saturated carbocycles. The van der Waals surface area contributed by atoms with Crippen molar-refractivity contribution in [2.45, 2.75) is 13.3 Å². The van der Waals surface area contributed by atoms with E-state index in [-0.39, 0.29) is 18.2 Å². The number of carbonyl (C=O) groups is 1. The molecular weight excluding hydrogens is 212 g/mol. The molecule has 0 radical (unpaired) electrons. The summed E-state index contributed by atoms with van der Waals surface area (Å²) in [6, 6.07) is 0. The van der Waals surface area contributed by atoms with Crippen LogP contribution >= 0.6 is 0 Å². The molecule has 1 aromatic rings. The van der Waals surface area contributed by atoms with Crippen LogP contribution in [0.1, 0.15) is 23.8 Å². The fourth-order valence-electron chi connectivity index (χ4n) is 1.02. The molecule has 0 aliphatic heterocycles. The van der Waals surface area contributed by atoms with Crippen LogP contribution in [0.3, 0.4) is 0 Å². The van der Waals surface area contributed by atoms with E-state index in [1.165, 1.54) is 12.4 Å². The number of hydrogen-bond donors (Lipinski definition) is 1. The van der Waals surface area contributed by atoms with E-state index >= 15 is 0 Å². The number of aromatic nitrogens is 2. The summed E-state index contributed by atoms with van der Waals surface area (Å²) in [6.07, 6.45) is 3.63. The minimum absolute atomic E-state index is 0.0232. The van der Waals surface area contributed by atoms with E-state index in [0.29, 0.717) is 13.2 Å². The van der Waals surface area contributed by atoms with E-state index in [9.17, 15) is 4.79 Å². The average molecular weight is 226 g/mol. The van der Waals surface area contributed by atoms with Crippen LogP contribution in [0.25, 0.3) is 0 Å². The van der Waals surface area contributed by atoms with Crippen molar-refractivity contribution in [3.05, 3.63) is 18.1 Å². The predicted octanol–water partition coefficient (Wildman–Crippen LogP) is 0.980. The zero-order valence-corrected chi connectivity index (χ0v) is 9.05. The van der Waals surface area contributed by atoms with Crippen LogP contribution in [0.5, 0.6) is 5.88 Å². The number of carboxylic acid groups (broad SMARTS) is 1. The highest BCUT2D eigenvalue weighted by Crippen LogP contribution is 2.10. The molecule has 0 atom stereocenters. The number of ether oxygens (including phenoxy) is 2. The van der Waals surface area contributed by atoms with Crippen LogP contribution in [0, 0.1) is 0 Å². The van der Waals surface area contributed by atoms with Gasteiger partial charge in [-0.3, -0.25) is 0 Å². The van der Waals surface area contributed by atoms with Crippen molar-refractivity contribution in [3.63, 3.8) is 0 Å². The van der Waals surface area contributed by atoms with Gasteiger partial charge in [0, 0.05) is 19.0 Å². The van der Waals surface area contributed by atoms with E-state index in [4.69, 9.17) is 14.6 Å². The standard InChI is InChI=1S/C10H14N2O4/c1-2-5-15-6-7-16-9-8(10(13)14)11-3-4-12-9/h3-4H,2,5-7H2,1H3,(H,13,14). The Labute approximate surface area is 93.2 Å². The maximum atomic E-state index is 10.7. The molecule has 0 amide bonds. The minimum Gasteiger partial charge on any atom is -0.476 e. The van der Waals surface area contributed by atoms with Gasteiger partial charge in [-0.25, -0.2) is 14.8 Å². The average Bonchev–Trinajstić information content (AvgIpc) is 2.29. The molecule has 6 heteroatoms. The van der Waals surface area contributed by atoms with Crippen molar-refractivity contribution in [2.75, 3.05) is 19.8 Å². The van der Waals surface area contributed by atoms with Crippen molar-refractivity contribution in [1.29, 1.82) is 0 Å². The summed E-state index contributed by atoms with van der Waals surface area (Å²) < 4.78 is 10.3. The van der Waals surface area contributed by atoms with Crippen LogP contribution < -0.4 is 4.74 Å². The Bertz CT molecular complexity index is 343. The van der Waals surface area contributed by atoms with Gasteiger partial charge in [-0.1, -0.05) is 6.92 Å². The first-order valence-electron chi connectivity index (χ1n) is 5.00. The lowest BCUT2D eigenvalue weighted by Gasteiger charge is -2.06. The monoisotopic (exact) mass is 226 g/mol. The summed E-state index contributed by atoms with van der Waals surface area (Å²) in [5.41, 5.74) is -0.182. The van der Waals surface area contributed by atoms with Gasteiger partial charge in [0.2, 0.25) is 11.6 Å². The molecule has 0 aliphatic carbocycles. The Morgan fingerprint density at radius 2 is 2.06 bits per heavy atom. The summed E-state index contributed by atoms with van der Waals surface area (Å²) in [4.78, 5) is 18.2. The van der Waals surface area contributed by atoms with Crippen LogP contribution in [-0.4, -0.2) is 40.9 Å². The quantitative estimate of drug-likeness (QED) is 0.698. The fourth-order valence-corrected chi connectivity index (χ4v) is 1.02. The molecule has 0 fully saturated rings. The van der Waals surface area contributed by atoms with Gasteiger partial charge in [-0.15, -0.1) is 0 Å². The van der Waals surface area contributed by atoms with Gasteiger partial charge >= 0.3 is 5.97 Å². The van der Waals surface area contributed by atoms with Crippen molar-refractivity contribution in [2.24, 2.45) is 0 Å². The number of nitrogens with zero attached hydrogens (tertiary/aromatic N) is 2. The van der Waals surface area contributed by atoms with E-state index in [0.717, 1.165) is 6.42 Å². The zero-order valence-electron chi connectivity index (χ0n) is 9.05. The Morgan fingerprint density at radius 1 is 1.31 bits per heavy atom. The van der Waals surface area contributed by atoms with E-state index in [1.807, 2.05) is 6.92 Å². The summed E-state index contributed by atoms with van der Waals surface area (Å²) >= 11 is 0. The van der Waals surface area contributed by atoms with Crippen molar-refractivity contribution >= 4 is 5.97 Å². The highest BCUT2D eigenvalue weighted by atomic mass is 16.5. The molecule has 1 N–H and O–H groups in total. The van der Waals surface area contributed by atoms with Gasteiger partial charge in [0.25, 0.3) is 0 Å². The summed E-state index contributed by atoms with van der Waals surface area (Å²) in [7, 11) is 0. The topological polar surface area (TPSA) is 81.5 Å². The SMILES string of the molecule is CCCOCCOc1nccnc1C(=O)O. The molecule has 0 bridgehead atoms. The number of aromatic carboxylic acids is 1. The molecule has 16 heavy (non-hydrogen) atoms. The third kappa shape index (κ3) is 3.82. The van der Waals surface area contributed by atoms with E-state index < -0.39 is 5.97 Å². The van der Waals surface area contributed by atoms with Gasteiger partial charge in [0.15, 0.2) is 0 Å². The molecule has 1 aromatic heterocycles. The molecule has 0 aliphatic rings. The molecular formula is C10H14N2O4. The second-order valence-corrected chi connectivity index (χ2v) is 2.98. The zero-order chi connectivity index (χ0) is 11.8. The lowest BCUT2D eigenvalue weighted by Crippen LogP contribution is -2.12. The first-order chi connectivity index (χ1) is 7.75. The first kappa shape index (κ1) is 12.4. The molecule has 1 rings (SSSR count). The van der Waals surface area contributed by atoms with Crippen LogP contribution in [0.4, 0.5) is 0 Å². The highest BCUT2D eigenvalue weighted by Gasteiger charge is 2.13. The van der Waals surface area contributed by atoms with Gasteiger partial charge < -0.3 is 14.6 Å². The normalized spacial score (nSPS) is 10.1. The lowest BCUT2D eigenvalue weighted by atomic mass is 10.4. The molecule has 88 valence electrons. The molecule has 0 spiro atoms. The number of rotatable bonds is 7. The Hall–Kier alpha value is -1.69.